The molecular formula is C11H14IN5O. The van der Waals surface area contributed by atoms with E-state index in [9.17, 15) is 0 Å². The van der Waals surface area contributed by atoms with Gasteiger partial charge in [0.25, 0.3) is 0 Å². The van der Waals surface area contributed by atoms with Gasteiger partial charge in [-0.05, 0) is 29.5 Å². The first-order chi connectivity index (χ1) is 8.67. The molecule has 0 saturated heterocycles. The highest BCUT2D eigenvalue weighted by Gasteiger charge is 2.13. The Morgan fingerprint density at radius 3 is 2.89 bits per heavy atom. The highest BCUT2D eigenvalue weighted by atomic mass is 127. The fraction of sp³-hybridized carbons (Fsp3) is 0.364. The van der Waals surface area contributed by atoms with Crippen LogP contribution in [-0.2, 0) is 17.9 Å². The van der Waals surface area contributed by atoms with Gasteiger partial charge in [-0.15, -0.1) is 0 Å². The molecule has 2 heterocycles. The van der Waals surface area contributed by atoms with Crippen LogP contribution in [-0.4, -0.2) is 26.6 Å². The van der Waals surface area contributed by atoms with Crippen molar-refractivity contribution in [3.63, 3.8) is 0 Å². The normalized spacial score (nSPS) is 10.8. The molecular weight excluding hydrogens is 345 g/mol. The second-order valence-electron chi connectivity index (χ2n) is 3.69. The molecule has 0 fully saturated rings. The van der Waals surface area contributed by atoms with Crippen LogP contribution in [0.3, 0.4) is 0 Å². The number of hydrogen-bond donors (Lipinski definition) is 1. The lowest BCUT2D eigenvalue weighted by molar-refractivity contribution is 0.181. The molecule has 2 rings (SSSR count). The largest absolute Gasteiger partial charge is 0.383 e. The third-order valence-electron chi connectivity index (χ3n) is 2.51. The number of imidazole rings is 1. The maximum absolute atomic E-state index is 5.91. The Morgan fingerprint density at radius 2 is 2.22 bits per heavy atom. The maximum Gasteiger partial charge on any atom is 0.180 e. The van der Waals surface area contributed by atoms with Gasteiger partial charge in [-0.1, -0.05) is 0 Å². The summed E-state index contributed by atoms with van der Waals surface area (Å²) in [6, 6.07) is 0. The predicted molar refractivity (Wildman–Crippen MR) is 76.8 cm³/mol. The number of ether oxygens (including phenoxy) is 1. The average Bonchev–Trinajstić information content (AvgIpc) is 2.83. The Morgan fingerprint density at radius 1 is 1.44 bits per heavy atom. The van der Waals surface area contributed by atoms with E-state index in [2.05, 4.69) is 37.5 Å². The van der Waals surface area contributed by atoms with Crippen LogP contribution in [0.15, 0.2) is 12.5 Å². The van der Waals surface area contributed by atoms with E-state index in [4.69, 9.17) is 10.5 Å². The van der Waals surface area contributed by atoms with E-state index in [0.29, 0.717) is 18.2 Å². The lowest BCUT2D eigenvalue weighted by Crippen LogP contribution is -2.07. The van der Waals surface area contributed by atoms with Crippen LogP contribution in [0.5, 0.6) is 0 Å². The first-order valence-corrected chi connectivity index (χ1v) is 6.56. The Labute approximate surface area is 119 Å². The standard InChI is InChI=1S/C11H14IN5O/c1-3-17-6-14-4-8(17)11-15-7(5-18-2)9(12)10(13)16-11/h4,6H,3,5H2,1-2H3,(H2,13,15,16). The fourth-order valence-electron chi connectivity index (χ4n) is 1.62. The van der Waals surface area contributed by atoms with Crippen molar-refractivity contribution >= 4 is 28.4 Å². The summed E-state index contributed by atoms with van der Waals surface area (Å²) >= 11 is 2.13. The number of anilines is 1. The third kappa shape index (κ3) is 2.46. The highest BCUT2D eigenvalue weighted by molar-refractivity contribution is 14.1. The number of aryl methyl sites for hydroxylation is 1. The minimum absolute atomic E-state index is 0.415. The molecule has 0 saturated carbocycles. The molecule has 0 unspecified atom stereocenters. The first-order valence-electron chi connectivity index (χ1n) is 5.48. The molecule has 96 valence electrons. The summed E-state index contributed by atoms with van der Waals surface area (Å²) in [5.41, 5.74) is 7.56. The van der Waals surface area contributed by atoms with Crippen molar-refractivity contribution in [2.45, 2.75) is 20.1 Å². The molecule has 0 atom stereocenters. The van der Waals surface area contributed by atoms with Crippen LogP contribution < -0.4 is 5.73 Å². The van der Waals surface area contributed by atoms with Gasteiger partial charge in [0.15, 0.2) is 5.82 Å². The van der Waals surface area contributed by atoms with Gasteiger partial charge in [-0.2, -0.15) is 0 Å². The molecule has 0 bridgehead atoms. The van der Waals surface area contributed by atoms with E-state index in [1.807, 2.05) is 11.5 Å². The van der Waals surface area contributed by atoms with Gasteiger partial charge in [0.05, 0.1) is 28.4 Å². The molecule has 0 spiro atoms. The van der Waals surface area contributed by atoms with Crippen LogP contribution in [0.4, 0.5) is 5.82 Å². The van der Waals surface area contributed by atoms with E-state index in [1.165, 1.54) is 0 Å². The molecule has 2 aromatic rings. The molecule has 0 aromatic carbocycles. The third-order valence-corrected chi connectivity index (χ3v) is 3.68. The average molecular weight is 359 g/mol. The number of halogens is 1. The second kappa shape index (κ2) is 5.61. The van der Waals surface area contributed by atoms with Crippen LogP contribution in [0, 0.1) is 3.57 Å². The van der Waals surface area contributed by atoms with Gasteiger partial charge >= 0.3 is 0 Å². The van der Waals surface area contributed by atoms with Crippen LogP contribution in [0.2, 0.25) is 0 Å². The smallest absolute Gasteiger partial charge is 0.180 e. The molecule has 0 aliphatic carbocycles. The molecule has 2 N–H and O–H groups in total. The summed E-state index contributed by atoms with van der Waals surface area (Å²) in [4.78, 5) is 12.9. The zero-order valence-corrected chi connectivity index (χ0v) is 12.4. The molecule has 6 nitrogen and oxygen atoms in total. The molecule has 7 heteroatoms. The molecule has 0 aliphatic rings. The fourth-order valence-corrected chi connectivity index (χ4v) is 2.02. The quantitative estimate of drug-likeness (QED) is 0.841. The summed E-state index contributed by atoms with van der Waals surface area (Å²) in [6.07, 6.45) is 3.49. The number of aromatic nitrogens is 4. The van der Waals surface area contributed by atoms with Crippen molar-refractivity contribution in [3.05, 3.63) is 21.8 Å². The molecule has 0 aliphatic heterocycles. The van der Waals surface area contributed by atoms with Crippen LogP contribution in [0.25, 0.3) is 11.5 Å². The minimum atomic E-state index is 0.415. The summed E-state index contributed by atoms with van der Waals surface area (Å²) in [6.45, 7) is 3.26. The van der Waals surface area contributed by atoms with Crippen molar-refractivity contribution in [1.29, 1.82) is 0 Å². The number of nitrogens with two attached hydrogens (primary N) is 1. The number of rotatable bonds is 4. The Hall–Kier alpha value is -1.22. The SMILES string of the molecule is CCn1cncc1-c1nc(N)c(I)c(COC)n1. The topological polar surface area (TPSA) is 78.9 Å². The summed E-state index contributed by atoms with van der Waals surface area (Å²) in [5, 5.41) is 0. The van der Waals surface area contributed by atoms with E-state index in [0.717, 1.165) is 21.5 Å². The molecule has 18 heavy (non-hydrogen) atoms. The van der Waals surface area contributed by atoms with Gasteiger partial charge in [0.2, 0.25) is 0 Å². The lowest BCUT2D eigenvalue weighted by atomic mass is 10.3. The van der Waals surface area contributed by atoms with E-state index >= 15 is 0 Å². The number of nitrogen functional groups attached to an aromatic ring is 1. The first kappa shape index (κ1) is 13.2. The number of methoxy groups -OCH3 is 1. The zero-order valence-electron chi connectivity index (χ0n) is 10.2. The highest BCUT2D eigenvalue weighted by Crippen LogP contribution is 2.22. The van der Waals surface area contributed by atoms with Crippen LogP contribution in [0.1, 0.15) is 12.6 Å². The molecule has 0 radical (unpaired) electrons. The van der Waals surface area contributed by atoms with Crippen molar-refractivity contribution in [2.24, 2.45) is 0 Å². The molecule has 2 aromatic heterocycles. The van der Waals surface area contributed by atoms with Gasteiger partial charge in [-0.3, -0.25) is 0 Å². The van der Waals surface area contributed by atoms with Gasteiger partial charge < -0.3 is 15.0 Å². The van der Waals surface area contributed by atoms with E-state index in [-0.39, 0.29) is 0 Å². The van der Waals surface area contributed by atoms with Gasteiger partial charge in [0.1, 0.15) is 11.5 Å². The number of hydrogen-bond acceptors (Lipinski definition) is 5. The van der Waals surface area contributed by atoms with Crippen LogP contribution >= 0.6 is 22.6 Å². The predicted octanol–water partition coefficient (Wildman–Crippen LogP) is 1.69. The van der Waals surface area contributed by atoms with Crippen molar-refractivity contribution in [2.75, 3.05) is 12.8 Å². The summed E-state index contributed by atoms with van der Waals surface area (Å²) in [5.74, 6) is 1.05. The van der Waals surface area contributed by atoms with Gasteiger partial charge in [0, 0.05) is 13.7 Å². The Kier molecular flexibility index (Phi) is 4.12. The van der Waals surface area contributed by atoms with E-state index in [1.54, 1.807) is 19.6 Å². The Bertz CT molecular complexity index is 554. The monoisotopic (exact) mass is 359 g/mol. The second-order valence-corrected chi connectivity index (χ2v) is 4.77. The van der Waals surface area contributed by atoms with Crippen molar-refractivity contribution < 1.29 is 4.74 Å². The molecule has 0 amide bonds. The van der Waals surface area contributed by atoms with E-state index < -0.39 is 0 Å². The summed E-state index contributed by atoms with van der Waals surface area (Å²) < 4.78 is 7.92. The number of nitrogens with zero attached hydrogens (tertiary/aromatic N) is 4. The Balaban J connectivity index is 2.52. The minimum Gasteiger partial charge on any atom is -0.383 e. The summed E-state index contributed by atoms with van der Waals surface area (Å²) in [7, 11) is 1.63. The maximum atomic E-state index is 5.91. The lowest BCUT2D eigenvalue weighted by Gasteiger charge is -2.09. The van der Waals surface area contributed by atoms with Gasteiger partial charge in [-0.25, -0.2) is 15.0 Å². The van der Waals surface area contributed by atoms with Crippen molar-refractivity contribution in [3.8, 4) is 11.5 Å². The zero-order chi connectivity index (χ0) is 13.1. The van der Waals surface area contributed by atoms with Crippen molar-refractivity contribution in [1.82, 2.24) is 19.5 Å².